The molecule has 0 radical (unpaired) electrons. The molecule has 1 aliphatic rings. The lowest BCUT2D eigenvalue weighted by Crippen LogP contribution is -2.51. The zero-order valence-corrected chi connectivity index (χ0v) is 6.45. The van der Waals surface area contributed by atoms with E-state index in [4.69, 9.17) is 5.11 Å². The summed E-state index contributed by atoms with van der Waals surface area (Å²) in [6.07, 6.45) is 1.94. The Morgan fingerprint density at radius 2 is 2.40 bits per heavy atom. The molecule has 0 bridgehead atoms. The third-order valence-electron chi connectivity index (χ3n) is 2.16. The molecule has 0 amide bonds. The molecule has 1 saturated heterocycles. The average Bonchev–Trinajstić information content (AvgIpc) is 1.85. The number of hydrogen-bond acceptors (Lipinski definition) is 2. The van der Waals surface area contributed by atoms with E-state index in [1.54, 1.807) is 0 Å². The molecule has 0 aromatic carbocycles. The van der Waals surface area contributed by atoms with Crippen LogP contribution in [0.15, 0.2) is 12.7 Å². The molecule has 0 aromatic rings. The first kappa shape index (κ1) is 7.76. The zero-order valence-electron chi connectivity index (χ0n) is 6.45. The van der Waals surface area contributed by atoms with Crippen molar-refractivity contribution in [2.45, 2.75) is 13.0 Å². The maximum Gasteiger partial charge on any atom is 0.0483 e. The van der Waals surface area contributed by atoms with Crippen LogP contribution in [0.25, 0.3) is 0 Å². The number of nitrogens with zero attached hydrogens (tertiary/aromatic N) is 1. The Labute approximate surface area is 62.2 Å². The summed E-state index contributed by atoms with van der Waals surface area (Å²) in [4.78, 5) is 2.30. The topological polar surface area (TPSA) is 23.5 Å². The van der Waals surface area contributed by atoms with Gasteiger partial charge in [0.05, 0.1) is 0 Å². The lowest BCUT2D eigenvalue weighted by molar-refractivity contribution is 0.0389. The van der Waals surface area contributed by atoms with Crippen LogP contribution >= 0.6 is 0 Å². The van der Waals surface area contributed by atoms with Crippen LogP contribution in [0.4, 0.5) is 0 Å². The average molecular weight is 141 g/mol. The Morgan fingerprint density at radius 1 is 1.80 bits per heavy atom. The molecule has 10 heavy (non-hydrogen) atoms. The minimum absolute atomic E-state index is 0.334. The van der Waals surface area contributed by atoms with Crippen LogP contribution in [-0.4, -0.2) is 35.7 Å². The van der Waals surface area contributed by atoms with Gasteiger partial charge in [0.15, 0.2) is 0 Å². The van der Waals surface area contributed by atoms with Gasteiger partial charge in [0.2, 0.25) is 0 Å². The summed E-state index contributed by atoms with van der Waals surface area (Å²) in [6, 6.07) is 0.475. The minimum Gasteiger partial charge on any atom is -0.396 e. The molecule has 0 aromatic heterocycles. The van der Waals surface area contributed by atoms with E-state index in [0.29, 0.717) is 18.6 Å². The maximum absolute atomic E-state index is 8.71. The summed E-state index contributed by atoms with van der Waals surface area (Å²) in [5.74, 6) is 0.516. The van der Waals surface area contributed by atoms with E-state index < -0.39 is 0 Å². The van der Waals surface area contributed by atoms with Gasteiger partial charge >= 0.3 is 0 Å². The fourth-order valence-corrected chi connectivity index (χ4v) is 1.21. The van der Waals surface area contributed by atoms with Crippen LogP contribution < -0.4 is 0 Å². The molecule has 1 N–H and O–H groups in total. The molecule has 1 rings (SSSR count). The van der Waals surface area contributed by atoms with Crippen LogP contribution in [0.3, 0.4) is 0 Å². The van der Waals surface area contributed by atoms with Gasteiger partial charge in [0.25, 0.3) is 0 Å². The van der Waals surface area contributed by atoms with E-state index in [1.807, 2.05) is 6.08 Å². The number of hydrogen-bond donors (Lipinski definition) is 1. The Morgan fingerprint density at radius 3 is 2.80 bits per heavy atom. The fraction of sp³-hybridized carbons (Fsp3) is 0.750. The summed E-state index contributed by atoms with van der Waals surface area (Å²) >= 11 is 0. The second-order valence-corrected chi connectivity index (χ2v) is 2.98. The number of rotatable bonds is 3. The van der Waals surface area contributed by atoms with Crippen molar-refractivity contribution in [1.82, 2.24) is 4.90 Å². The molecule has 0 aliphatic carbocycles. The standard InChI is InChI=1S/C8H15NO/c1-3-7(2)9-4-8(5-9)6-10/h3,7-8,10H,1,4-6H2,2H3. The van der Waals surface area contributed by atoms with Gasteiger partial charge in [0, 0.05) is 31.7 Å². The van der Waals surface area contributed by atoms with Crippen molar-refractivity contribution in [2.24, 2.45) is 5.92 Å². The highest BCUT2D eigenvalue weighted by molar-refractivity contribution is 4.91. The molecular formula is C8H15NO. The lowest BCUT2D eigenvalue weighted by Gasteiger charge is -2.41. The predicted molar refractivity (Wildman–Crippen MR) is 41.8 cm³/mol. The summed E-state index contributed by atoms with van der Waals surface area (Å²) in [6.45, 7) is 8.23. The lowest BCUT2D eigenvalue weighted by atomic mass is 9.99. The van der Waals surface area contributed by atoms with E-state index in [0.717, 1.165) is 13.1 Å². The first-order chi connectivity index (χ1) is 4.77. The first-order valence-corrected chi connectivity index (χ1v) is 3.75. The monoisotopic (exact) mass is 141 g/mol. The van der Waals surface area contributed by atoms with E-state index >= 15 is 0 Å². The molecular weight excluding hydrogens is 126 g/mol. The third-order valence-corrected chi connectivity index (χ3v) is 2.16. The molecule has 1 aliphatic heterocycles. The summed E-state index contributed by atoms with van der Waals surface area (Å²) in [5.41, 5.74) is 0. The van der Waals surface area contributed by atoms with Crippen LogP contribution in [0.2, 0.25) is 0 Å². The van der Waals surface area contributed by atoms with Crippen molar-refractivity contribution in [2.75, 3.05) is 19.7 Å². The van der Waals surface area contributed by atoms with Gasteiger partial charge in [-0.15, -0.1) is 6.58 Å². The highest BCUT2D eigenvalue weighted by atomic mass is 16.3. The van der Waals surface area contributed by atoms with Crippen molar-refractivity contribution >= 4 is 0 Å². The fourth-order valence-electron chi connectivity index (χ4n) is 1.21. The van der Waals surface area contributed by atoms with Crippen molar-refractivity contribution < 1.29 is 5.11 Å². The van der Waals surface area contributed by atoms with Gasteiger partial charge in [-0.1, -0.05) is 6.08 Å². The summed E-state index contributed by atoms with van der Waals surface area (Å²) < 4.78 is 0. The van der Waals surface area contributed by atoms with Crippen LogP contribution in [0, 0.1) is 5.92 Å². The van der Waals surface area contributed by atoms with E-state index in [1.165, 1.54) is 0 Å². The summed E-state index contributed by atoms with van der Waals surface area (Å²) in [7, 11) is 0. The first-order valence-electron chi connectivity index (χ1n) is 3.75. The van der Waals surface area contributed by atoms with Gasteiger partial charge in [0.1, 0.15) is 0 Å². The van der Waals surface area contributed by atoms with Crippen molar-refractivity contribution in [3.8, 4) is 0 Å². The van der Waals surface area contributed by atoms with Gasteiger partial charge in [-0.05, 0) is 6.92 Å². The Balaban J connectivity index is 2.19. The third kappa shape index (κ3) is 1.39. The molecule has 1 heterocycles. The predicted octanol–water partition coefficient (Wildman–Crippen LogP) is 0.485. The molecule has 2 nitrogen and oxygen atoms in total. The summed E-state index contributed by atoms with van der Waals surface area (Å²) in [5, 5.41) is 8.71. The second kappa shape index (κ2) is 3.17. The van der Waals surface area contributed by atoms with E-state index in [2.05, 4.69) is 18.4 Å². The smallest absolute Gasteiger partial charge is 0.0483 e. The molecule has 1 atom stereocenters. The highest BCUT2D eigenvalue weighted by Gasteiger charge is 2.27. The largest absolute Gasteiger partial charge is 0.396 e. The SMILES string of the molecule is C=CC(C)N1CC(CO)C1. The van der Waals surface area contributed by atoms with Gasteiger partial charge < -0.3 is 5.11 Å². The number of aliphatic hydroxyl groups excluding tert-OH is 1. The van der Waals surface area contributed by atoms with Crippen molar-refractivity contribution in [1.29, 1.82) is 0 Å². The van der Waals surface area contributed by atoms with Gasteiger partial charge in [-0.25, -0.2) is 0 Å². The van der Waals surface area contributed by atoms with Crippen LogP contribution in [-0.2, 0) is 0 Å². The molecule has 1 fully saturated rings. The van der Waals surface area contributed by atoms with Gasteiger partial charge in [-0.3, -0.25) is 4.90 Å². The van der Waals surface area contributed by atoms with E-state index in [-0.39, 0.29) is 0 Å². The molecule has 0 spiro atoms. The Hall–Kier alpha value is -0.340. The Bertz CT molecular complexity index is 118. The maximum atomic E-state index is 8.71. The highest BCUT2D eigenvalue weighted by Crippen LogP contribution is 2.17. The number of likely N-dealkylation sites (tertiary alicyclic amines) is 1. The van der Waals surface area contributed by atoms with Crippen molar-refractivity contribution in [3.63, 3.8) is 0 Å². The Kier molecular flexibility index (Phi) is 2.46. The normalized spacial score (nSPS) is 23.8. The molecule has 58 valence electrons. The van der Waals surface area contributed by atoms with Crippen LogP contribution in [0.1, 0.15) is 6.92 Å². The molecule has 1 unspecified atom stereocenters. The zero-order chi connectivity index (χ0) is 7.56. The van der Waals surface area contributed by atoms with Gasteiger partial charge in [-0.2, -0.15) is 0 Å². The second-order valence-electron chi connectivity index (χ2n) is 2.98. The van der Waals surface area contributed by atoms with Crippen LogP contribution in [0.5, 0.6) is 0 Å². The molecule has 2 heteroatoms. The minimum atomic E-state index is 0.334. The quantitative estimate of drug-likeness (QED) is 0.578. The van der Waals surface area contributed by atoms with E-state index in [9.17, 15) is 0 Å². The van der Waals surface area contributed by atoms with Crippen molar-refractivity contribution in [3.05, 3.63) is 12.7 Å². The number of aliphatic hydroxyl groups is 1. The molecule has 0 saturated carbocycles.